The van der Waals surface area contributed by atoms with Crippen molar-refractivity contribution in [2.75, 3.05) is 0 Å². The van der Waals surface area contributed by atoms with Gasteiger partial charge in [-0.2, -0.15) is 0 Å². The summed E-state index contributed by atoms with van der Waals surface area (Å²) in [6.07, 6.45) is 0. The highest BCUT2D eigenvalue weighted by Crippen LogP contribution is 2.40. The Labute approximate surface area is 213 Å². The minimum absolute atomic E-state index is 0.109. The zero-order valence-electron chi connectivity index (χ0n) is 22.1. The van der Waals surface area contributed by atoms with E-state index in [0.717, 1.165) is 40.2 Å². The normalized spacial score (nSPS) is 13.2. The monoisotopic (exact) mass is 471 g/mol. The molecule has 0 N–H and O–H groups in total. The van der Waals surface area contributed by atoms with Gasteiger partial charge in [-0.15, -0.1) is 0 Å². The lowest BCUT2D eigenvalue weighted by atomic mass is 9.86. The molecule has 0 bridgehead atoms. The SMILES string of the molecule is CC(C)(C)c1ccc(-c2nc(-c3ccc(C(C)(C)C)cc3)c3cc4n(c3n2)Cc2ccccc2-4)cc1. The molecule has 0 spiro atoms. The van der Waals surface area contributed by atoms with Crippen molar-refractivity contribution >= 4 is 11.0 Å². The van der Waals surface area contributed by atoms with Crippen LogP contribution < -0.4 is 0 Å². The largest absolute Gasteiger partial charge is 0.321 e. The standard InChI is InChI=1S/C33H33N3/c1-32(2,3)24-15-11-21(12-16-24)29-27-19-28-26-10-8-7-9-23(26)20-36(28)31(27)35-30(34-29)22-13-17-25(18-14-22)33(4,5)6/h7-19H,20H2,1-6H3. The van der Waals surface area contributed by atoms with Crippen LogP contribution in [0.3, 0.4) is 0 Å². The van der Waals surface area contributed by atoms with E-state index in [1.807, 2.05) is 0 Å². The third kappa shape index (κ3) is 3.74. The Morgan fingerprint density at radius 1 is 0.667 bits per heavy atom. The highest BCUT2D eigenvalue weighted by atomic mass is 15.1. The molecular weight excluding hydrogens is 438 g/mol. The average Bonchev–Trinajstić information content (AvgIpc) is 3.39. The zero-order chi connectivity index (χ0) is 25.2. The second-order valence-corrected chi connectivity index (χ2v) is 12.1. The number of hydrogen-bond donors (Lipinski definition) is 0. The molecule has 3 heteroatoms. The molecule has 0 amide bonds. The van der Waals surface area contributed by atoms with Gasteiger partial charge in [0, 0.05) is 22.1 Å². The summed E-state index contributed by atoms with van der Waals surface area (Å²) in [6.45, 7) is 14.3. The van der Waals surface area contributed by atoms with E-state index >= 15 is 0 Å². The minimum Gasteiger partial charge on any atom is -0.321 e. The van der Waals surface area contributed by atoms with Gasteiger partial charge in [0.05, 0.1) is 17.9 Å². The van der Waals surface area contributed by atoms with Crippen LogP contribution in [0.1, 0.15) is 58.2 Å². The maximum absolute atomic E-state index is 5.17. The van der Waals surface area contributed by atoms with Crippen LogP contribution >= 0.6 is 0 Å². The maximum Gasteiger partial charge on any atom is 0.162 e. The first-order valence-electron chi connectivity index (χ1n) is 12.8. The third-order valence-electron chi connectivity index (χ3n) is 7.41. The van der Waals surface area contributed by atoms with Crippen LogP contribution in [0, 0.1) is 0 Å². The summed E-state index contributed by atoms with van der Waals surface area (Å²) in [6, 6.07) is 28.6. The molecule has 3 aromatic carbocycles. The van der Waals surface area contributed by atoms with Gasteiger partial charge in [-0.1, -0.05) is 114 Å². The van der Waals surface area contributed by atoms with Gasteiger partial charge in [0.25, 0.3) is 0 Å². The topological polar surface area (TPSA) is 30.7 Å². The lowest BCUT2D eigenvalue weighted by molar-refractivity contribution is 0.590. The summed E-state index contributed by atoms with van der Waals surface area (Å²) < 4.78 is 2.35. The van der Waals surface area contributed by atoms with E-state index in [-0.39, 0.29) is 10.8 Å². The first-order chi connectivity index (χ1) is 17.1. The van der Waals surface area contributed by atoms with Crippen LogP contribution in [-0.2, 0) is 17.4 Å². The van der Waals surface area contributed by atoms with Crippen molar-refractivity contribution in [2.24, 2.45) is 0 Å². The molecule has 36 heavy (non-hydrogen) atoms. The van der Waals surface area contributed by atoms with Gasteiger partial charge in [0.2, 0.25) is 0 Å². The van der Waals surface area contributed by atoms with Gasteiger partial charge in [-0.05, 0) is 33.6 Å². The van der Waals surface area contributed by atoms with Crippen LogP contribution in [0.5, 0.6) is 0 Å². The molecule has 3 nitrogen and oxygen atoms in total. The van der Waals surface area contributed by atoms with E-state index in [9.17, 15) is 0 Å². The van der Waals surface area contributed by atoms with Crippen molar-refractivity contribution in [3.8, 4) is 33.9 Å². The zero-order valence-corrected chi connectivity index (χ0v) is 22.1. The summed E-state index contributed by atoms with van der Waals surface area (Å²) in [7, 11) is 0. The van der Waals surface area contributed by atoms with E-state index in [1.165, 1.54) is 27.9 Å². The van der Waals surface area contributed by atoms with Gasteiger partial charge >= 0.3 is 0 Å². The molecule has 3 heterocycles. The molecule has 0 saturated heterocycles. The van der Waals surface area contributed by atoms with Gasteiger partial charge in [0.1, 0.15) is 5.65 Å². The molecule has 180 valence electrons. The van der Waals surface area contributed by atoms with Gasteiger partial charge < -0.3 is 4.57 Å². The Morgan fingerprint density at radius 2 is 1.25 bits per heavy atom. The van der Waals surface area contributed by atoms with Crippen LogP contribution in [0.15, 0.2) is 78.9 Å². The van der Waals surface area contributed by atoms with Crippen LogP contribution in [0.4, 0.5) is 0 Å². The molecule has 0 unspecified atom stereocenters. The molecule has 1 aliphatic heterocycles. The molecule has 6 rings (SSSR count). The first kappa shape index (κ1) is 22.7. The number of rotatable bonds is 2. The van der Waals surface area contributed by atoms with Crippen molar-refractivity contribution in [3.05, 3.63) is 95.6 Å². The molecule has 0 radical (unpaired) electrons. The first-order valence-corrected chi connectivity index (χ1v) is 12.8. The number of aromatic nitrogens is 3. The van der Waals surface area contributed by atoms with Crippen molar-refractivity contribution < 1.29 is 0 Å². The number of hydrogen-bond acceptors (Lipinski definition) is 2. The summed E-state index contributed by atoms with van der Waals surface area (Å²) in [5.41, 5.74) is 10.9. The van der Waals surface area contributed by atoms with Gasteiger partial charge in [-0.3, -0.25) is 0 Å². The molecule has 0 atom stereocenters. The molecule has 2 aromatic heterocycles. The van der Waals surface area contributed by atoms with Crippen LogP contribution in [0.2, 0.25) is 0 Å². The molecule has 0 saturated carbocycles. The second kappa shape index (κ2) is 7.89. The number of benzene rings is 3. The van der Waals surface area contributed by atoms with Crippen molar-refractivity contribution in [3.63, 3.8) is 0 Å². The number of fused-ring (bicyclic) bond motifs is 5. The predicted octanol–water partition coefficient (Wildman–Crippen LogP) is 8.39. The minimum atomic E-state index is 0.109. The summed E-state index contributed by atoms with van der Waals surface area (Å²) in [5.74, 6) is 0.773. The molecule has 5 aromatic rings. The van der Waals surface area contributed by atoms with Gasteiger partial charge in [-0.25, -0.2) is 9.97 Å². The Morgan fingerprint density at radius 3 is 1.86 bits per heavy atom. The second-order valence-electron chi connectivity index (χ2n) is 12.1. The smallest absolute Gasteiger partial charge is 0.162 e. The molecule has 0 aliphatic carbocycles. The van der Waals surface area contributed by atoms with Crippen molar-refractivity contribution in [1.82, 2.24) is 14.5 Å². The fraction of sp³-hybridized carbons (Fsp3) is 0.273. The Kier molecular flexibility index (Phi) is 4.98. The van der Waals surface area contributed by atoms with E-state index in [0.29, 0.717) is 0 Å². The van der Waals surface area contributed by atoms with Crippen LogP contribution in [0.25, 0.3) is 44.9 Å². The van der Waals surface area contributed by atoms with E-state index in [2.05, 4.69) is 125 Å². The quantitative estimate of drug-likeness (QED) is 0.254. The average molecular weight is 472 g/mol. The maximum atomic E-state index is 5.17. The summed E-state index contributed by atoms with van der Waals surface area (Å²) >= 11 is 0. The molecular formula is C33H33N3. The lowest BCUT2D eigenvalue weighted by Gasteiger charge is -2.19. The Hall–Kier alpha value is -3.72. The highest BCUT2D eigenvalue weighted by Gasteiger charge is 2.25. The van der Waals surface area contributed by atoms with Crippen molar-refractivity contribution in [2.45, 2.75) is 58.9 Å². The third-order valence-corrected chi connectivity index (χ3v) is 7.41. The fourth-order valence-electron chi connectivity index (χ4n) is 5.18. The van der Waals surface area contributed by atoms with E-state index in [1.54, 1.807) is 0 Å². The molecule has 0 fully saturated rings. The Bertz CT molecular complexity index is 1590. The van der Waals surface area contributed by atoms with Crippen molar-refractivity contribution in [1.29, 1.82) is 0 Å². The lowest BCUT2D eigenvalue weighted by Crippen LogP contribution is -2.10. The van der Waals surface area contributed by atoms with Crippen LogP contribution in [-0.4, -0.2) is 14.5 Å². The number of nitrogens with zero attached hydrogens (tertiary/aromatic N) is 3. The highest BCUT2D eigenvalue weighted by molar-refractivity contribution is 5.97. The fourth-order valence-corrected chi connectivity index (χ4v) is 5.18. The molecule has 1 aliphatic rings. The van der Waals surface area contributed by atoms with E-state index in [4.69, 9.17) is 9.97 Å². The Balaban J connectivity index is 1.56. The van der Waals surface area contributed by atoms with Gasteiger partial charge in [0.15, 0.2) is 5.82 Å². The summed E-state index contributed by atoms with van der Waals surface area (Å²) in [4.78, 5) is 10.3. The summed E-state index contributed by atoms with van der Waals surface area (Å²) in [5, 5.41) is 1.11. The van der Waals surface area contributed by atoms with E-state index < -0.39 is 0 Å². The predicted molar refractivity (Wildman–Crippen MR) is 150 cm³/mol.